The molecule has 1 saturated carbocycles. The van der Waals surface area contributed by atoms with E-state index in [1.54, 1.807) is 13.8 Å². The van der Waals surface area contributed by atoms with E-state index in [0.717, 1.165) is 42.5 Å². The van der Waals surface area contributed by atoms with Gasteiger partial charge in [0, 0.05) is 31.6 Å². The number of Topliss-reactive ketones (excluding diaryl/α,β-unsaturated/α-hetero) is 1. The predicted molar refractivity (Wildman–Crippen MR) is 162 cm³/mol. The standard InChI is InChI=1S/C32H45N5O7/c1-20(33-28(39)18-37-11-13-43-14-12-37)30(41)36-26(17-22-7-9-24-23(15-22)8-10-27(38)34-24)31(42)35-25(16-21-5-3-4-6-21)29(40)32(2)19-44-32/h7,9,15,20-21,25-26H,3-6,8,10-14,16-19H2,1-2H3,(H,33,39)(H,34,38)(H,35,42)(H,36,41)/t20-,25-,26-,32+/m0/s1. The third kappa shape index (κ3) is 8.42. The molecule has 3 fully saturated rings. The fourth-order valence-electron chi connectivity index (χ4n) is 6.32. The van der Waals surface area contributed by atoms with E-state index in [1.807, 2.05) is 23.1 Å². The van der Waals surface area contributed by atoms with Crippen molar-refractivity contribution in [2.45, 2.75) is 88.9 Å². The first-order valence-corrected chi connectivity index (χ1v) is 15.9. The molecule has 0 unspecified atom stereocenters. The maximum atomic E-state index is 13.9. The SMILES string of the molecule is C[C@H](NC(=O)CN1CCOCC1)C(=O)N[C@@H](Cc1ccc2c(c1)CCC(=O)N2)C(=O)N[C@@H](CC1CCCC1)C(=O)[C@@]1(C)CO1. The highest BCUT2D eigenvalue weighted by Crippen LogP contribution is 2.33. The molecule has 12 heteroatoms. The highest BCUT2D eigenvalue weighted by Gasteiger charge is 2.50. The van der Waals surface area contributed by atoms with Crippen molar-refractivity contribution in [2.75, 3.05) is 44.8 Å². The molecule has 0 radical (unpaired) electrons. The second-order valence-corrected chi connectivity index (χ2v) is 12.8. The first-order chi connectivity index (χ1) is 21.1. The van der Waals surface area contributed by atoms with Gasteiger partial charge in [0.15, 0.2) is 5.78 Å². The van der Waals surface area contributed by atoms with Gasteiger partial charge in [-0.05, 0) is 49.8 Å². The first-order valence-electron chi connectivity index (χ1n) is 15.9. The Kier molecular flexibility index (Phi) is 10.3. The molecule has 2 saturated heterocycles. The zero-order chi connectivity index (χ0) is 31.3. The minimum absolute atomic E-state index is 0.0364. The molecular weight excluding hydrogens is 566 g/mol. The van der Waals surface area contributed by atoms with Crippen LogP contribution in [0.3, 0.4) is 0 Å². The summed E-state index contributed by atoms with van der Waals surface area (Å²) in [6.07, 6.45) is 5.93. The van der Waals surface area contributed by atoms with Crippen molar-refractivity contribution < 1.29 is 33.4 Å². The lowest BCUT2D eigenvalue weighted by Gasteiger charge is -2.28. The van der Waals surface area contributed by atoms with Crippen molar-refractivity contribution >= 4 is 35.1 Å². The van der Waals surface area contributed by atoms with Gasteiger partial charge in [-0.25, -0.2) is 0 Å². The van der Waals surface area contributed by atoms with Gasteiger partial charge < -0.3 is 30.7 Å². The minimum Gasteiger partial charge on any atom is -0.379 e. The van der Waals surface area contributed by atoms with Crippen LogP contribution in [0, 0.1) is 5.92 Å². The van der Waals surface area contributed by atoms with Gasteiger partial charge in [-0.15, -0.1) is 0 Å². The highest BCUT2D eigenvalue weighted by molar-refractivity contribution is 5.98. The number of rotatable bonds is 13. The Labute approximate surface area is 258 Å². The number of aryl methyl sites for hydroxylation is 1. The molecule has 0 aromatic heterocycles. The molecule has 1 aromatic carbocycles. The second-order valence-electron chi connectivity index (χ2n) is 12.8. The van der Waals surface area contributed by atoms with E-state index < -0.39 is 35.5 Å². The van der Waals surface area contributed by atoms with E-state index in [4.69, 9.17) is 9.47 Å². The number of ketones is 1. The molecule has 4 aliphatic rings. The molecule has 1 aliphatic carbocycles. The van der Waals surface area contributed by atoms with Crippen LogP contribution in [-0.2, 0) is 46.3 Å². The number of nitrogens with one attached hydrogen (secondary N) is 4. The van der Waals surface area contributed by atoms with Crippen LogP contribution in [0.1, 0.15) is 63.5 Å². The molecule has 5 rings (SSSR count). The summed E-state index contributed by atoms with van der Waals surface area (Å²) in [7, 11) is 0. The third-order valence-electron chi connectivity index (χ3n) is 9.15. The summed E-state index contributed by atoms with van der Waals surface area (Å²) in [4.78, 5) is 67.1. The number of fused-ring (bicyclic) bond motifs is 1. The molecule has 12 nitrogen and oxygen atoms in total. The Bertz CT molecular complexity index is 1250. The van der Waals surface area contributed by atoms with Crippen LogP contribution < -0.4 is 21.3 Å². The number of amides is 4. The number of nitrogens with zero attached hydrogens (tertiary/aromatic N) is 1. The lowest BCUT2D eigenvalue weighted by atomic mass is 9.90. The van der Waals surface area contributed by atoms with Crippen LogP contribution in [-0.4, -0.2) is 97.5 Å². The summed E-state index contributed by atoms with van der Waals surface area (Å²) < 4.78 is 10.8. The van der Waals surface area contributed by atoms with E-state index in [0.29, 0.717) is 58.1 Å². The molecule has 0 spiro atoms. The molecule has 44 heavy (non-hydrogen) atoms. The van der Waals surface area contributed by atoms with Crippen LogP contribution >= 0.6 is 0 Å². The number of carbonyl (C=O) groups is 5. The Balaban J connectivity index is 1.29. The van der Waals surface area contributed by atoms with E-state index >= 15 is 0 Å². The van der Waals surface area contributed by atoms with Gasteiger partial charge in [0.2, 0.25) is 23.6 Å². The van der Waals surface area contributed by atoms with Crippen molar-refractivity contribution in [3.8, 4) is 0 Å². The number of hydrogen-bond donors (Lipinski definition) is 4. The van der Waals surface area contributed by atoms with E-state index in [1.165, 1.54) is 0 Å². The summed E-state index contributed by atoms with van der Waals surface area (Å²) in [5, 5.41) is 11.4. The maximum absolute atomic E-state index is 13.9. The number of morpholine rings is 1. The van der Waals surface area contributed by atoms with E-state index in [9.17, 15) is 24.0 Å². The number of epoxide rings is 1. The molecular formula is C32H45N5O7. The van der Waals surface area contributed by atoms with Gasteiger partial charge in [0.1, 0.15) is 17.7 Å². The Hall–Kier alpha value is -3.35. The Morgan fingerprint density at radius 3 is 2.43 bits per heavy atom. The zero-order valence-electron chi connectivity index (χ0n) is 25.7. The van der Waals surface area contributed by atoms with E-state index in [2.05, 4.69) is 21.3 Å². The number of benzene rings is 1. The average Bonchev–Trinajstić information content (AvgIpc) is 3.54. The van der Waals surface area contributed by atoms with Gasteiger partial charge >= 0.3 is 0 Å². The molecule has 4 N–H and O–H groups in total. The van der Waals surface area contributed by atoms with Crippen LogP contribution in [0.25, 0.3) is 0 Å². The smallest absolute Gasteiger partial charge is 0.243 e. The van der Waals surface area contributed by atoms with E-state index in [-0.39, 0.29) is 30.6 Å². The van der Waals surface area contributed by atoms with Gasteiger partial charge in [-0.1, -0.05) is 37.8 Å². The average molecular weight is 612 g/mol. The first kappa shape index (κ1) is 32.1. The highest BCUT2D eigenvalue weighted by atomic mass is 16.6. The van der Waals surface area contributed by atoms with Crippen molar-refractivity contribution in [2.24, 2.45) is 5.92 Å². The van der Waals surface area contributed by atoms with Crippen LogP contribution in [0.4, 0.5) is 5.69 Å². The van der Waals surface area contributed by atoms with Gasteiger partial charge in [-0.3, -0.25) is 28.9 Å². The number of ether oxygens (including phenoxy) is 2. The zero-order valence-corrected chi connectivity index (χ0v) is 25.7. The topological polar surface area (TPSA) is 158 Å². The van der Waals surface area contributed by atoms with Gasteiger partial charge in [0.25, 0.3) is 0 Å². The fourth-order valence-corrected chi connectivity index (χ4v) is 6.32. The maximum Gasteiger partial charge on any atom is 0.243 e. The molecule has 240 valence electrons. The largest absolute Gasteiger partial charge is 0.379 e. The Morgan fingerprint density at radius 2 is 1.73 bits per heavy atom. The lowest BCUT2D eigenvalue weighted by molar-refractivity contribution is -0.134. The third-order valence-corrected chi connectivity index (χ3v) is 9.15. The van der Waals surface area contributed by atoms with Crippen molar-refractivity contribution in [1.82, 2.24) is 20.9 Å². The Morgan fingerprint density at radius 1 is 1.02 bits per heavy atom. The van der Waals surface area contributed by atoms with Crippen molar-refractivity contribution in [3.05, 3.63) is 29.3 Å². The summed E-state index contributed by atoms with van der Waals surface area (Å²) in [6, 6.07) is 2.97. The summed E-state index contributed by atoms with van der Waals surface area (Å²) in [5.41, 5.74) is 1.62. The van der Waals surface area contributed by atoms with Crippen LogP contribution in [0.2, 0.25) is 0 Å². The van der Waals surface area contributed by atoms with Crippen LogP contribution in [0.15, 0.2) is 18.2 Å². The molecule has 1 aromatic rings. The summed E-state index contributed by atoms with van der Waals surface area (Å²) in [6.45, 7) is 6.22. The number of hydrogen-bond acceptors (Lipinski definition) is 8. The molecule has 3 heterocycles. The van der Waals surface area contributed by atoms with Gasteiger partial charge in [-0.2, -0.15) is 0 Å². The van der Waals surface area contributed by atoms with Gasteiger partial charge in [0.05, 0.1) is 32.4 Å². The predicted octanol–water partition coefficient (Wildman–Crippen LogP) is 0.859. The minimum atomic E-state index is -0.996. The number of anilines is 1. The van der Waals surface area contributed by atoms with Crippen molar-refractivity contribution in [1.29, 1.82) is 0 Å². The molecule has 3 aliphatic heterocycles. The van der Waals surface area contributed by atoms with Crippen LogP contribution in [0.5, 0.6) is 0 Å². The normalized spacial score (nSPS) is 23.9. The monoisotopic (exact) mass is 611 g/mol. The quantitative estimate of drug-likeness (QED) is 0.239. The second kappa shape index (κ2) is 14.2. The molecule has 4 amide bonds. The molecule has 0 bridgehead atoms. The fraction of sp³-hybridized carbons (Fsp3) is 0.656. The van der Waals surface area contributed by atoms with Crippen molar-refractivity contribution in [3.63, 3.8) is 0 Å². The lowest BCUT2D eigenvalue weighted by Crippen LogP contribution is -2.57. The molecule has 4 atom stereocenters. The number of carbonyl (C=O) groups excluding carboxylic acids is 5. The summed E-state index contributed by atoms with van der Waals surface area (Å²) in [5.74, 6) is -1.08. The summed E-state index contributed by atoms with van der Waals surface area (Å²) >= 11 is 0.